The SMILES string of the molecule is Cc1c(O[C@H]2CCC[C@H](C(=O)O)C2)ccc(-c2sc(Cl)cc2COC(=O)N(C)C2CCCC2)c1F. The van der Waals surface area contributed by atoms with E-state index in [0.717, 1.165) is 38.5 Å². The highest BCUT2D eigenvalue weighted by atomic mass is 35.5. The number of carboxylic acids is 1. The first-order valence-corrected chi connectivity index (χ1v) is 13.3. The highest BCUT2D eigenvalue weighted by Gasteiger charge is 2.29. The van der Waals surface area contributed by atoms with Gasteiger partial charge in [-0.3, -0.25) is 4.79 Å². The average Bonchev–Trinajstić information content (AvgIpc) is 3.50. The summed E-state index contributed by atoms with van der Waals surface area (Å²) in [5.74, 6) is -1.25. The number of ether oxygens (including phenoxy) is 2. The summed E-state index contributed by atoms with van der Waals surface area (Å²) in [6.07, 6.45) is 6.14. The molecule has 9 heteroatoms. The first-order valence-electron chi connectivity index (χ1n) is 12.1. The Kier molecular flexibility index (Phi) is 8.22. The number of hydrogen-bond acceptors (Lipinski definition) is 5. The number of carbonyl (C=O) groups is 2. The third kappa shape index (κ3) is 5.92. The minimum Gasteiger partial charge on any atom is -0.490 e. The lowest BCUT2D eigenvalue weighted by Gasteiger charge is -2.28. The summed E-state index contributed by atoms with van der Waals surface area (Å²) < 4.78 is 27.6. The lowest BCUT2D eigenvalue weighted by atomic mass is 9.87. The minimum absolute atomic E-state index is 0.00381. The van der Waals surface area contributed by atoms with Gasteiger partial charge in [-0.2, -0.15) is 0 Å². The Hall–Kier alpha value is -2.32. The molecular weight excluding hydrogens is 493 g/mol. The molecule has 1 aromatic carbocycles. The van der Waals surface area contributed by atoms with Crippen LogP contribution in [0.15, 0.2) is 18.2 Å². The summed E-state index contributed by atoms with van der Waals surface area (Å²) in [6, 6.07) is 5.27. The van der Waals surface area contributed by atoms with Gasteiger partial charge in [0.1, 0.15) is 18.2 Å². The number of benzene rings is 1. The van der Waals surface area contributed by atoms with E-state index in [-0.39, 0.29) is 18.8 Å². The van der Waals surface area contributed by atoms with Crippen molar-refractivity contribution in [1.29, 1.82) is 0 Å². The zero-order valence-electron chi connectivity index (χ0n) is 20.0. The van der Waals surface area contributed by atoms with Gasteiger partial charge in [-0.25, -0.2) is 9.18 Å². The third-order valence-corrected chi connectivity index (χ3v) is 8.48. The monoisotopic (exact) mass is 523 g/mol. The molecule has 2 aromatic rings. The molecule has 2 saturated carbocycles. The lowest BCUT2D eigenvalue weighted by Crippen LogP contribution is -2.35. The first-order chi connectivity index (χ1) is 16.7. The number of halogens is 2. The Morgan fingerprint density at radius 2 is 1.94 bits per heavy atom. The Bertz CT molecular complexity index is 1080. The molecule has 2 atom stereocenters. The zero-order chi connectivity index (χ0) is 25.1. The van der Waals surface area contributed by atoms with Gasteiger partial charge in [0.2, 0.25) is 0 Å². The van der Waals surface area contributed by atoms with E-state index in [1.165, 1.54) is 11.3 Å². The Labute approximate surface area is 214 Å². The van der Waals surface area contributed by atoms with Crippen LogP contribution in [0.3, 0.4) is 0 Å². The molecule has 2 aliphatic rings. The Morgan fingerprint density at radius 3 is 2.66 bits per heavy atom. The van der Waals surface area contributed by atoms with Crippen molar-refractivity contribution in [3.05, 3.63) is 39.5 Å². The molecule has 0 spiro atoms. The van der Waals surface area contributed by atoms with Crippen LogP contribution in [0.2, 0.25) is 4.34 Å². The van der Waals surface area contributed by atoms with Crippen molar-refractivity contribution in [2.75, 3.05) is 7.05 Å². The van der Waals surface area contributed by atoms with Gasteiger partial charge >= 0.3 is 12.1 Å². The van der Waals surface area contributed by atoms with Crippen LogP contribution in [0.4, 0.5) is 9.18 Å². The van der Waals surface area contributed by atoms with E-state index in [2.05, 4.69) is 0 Å². The smallest absolute Gasteiger partial charge is 0.410 e. The molecule has 2 aliphatic carbocycles. The van der Waals surface area contributed by atoms with E-state index in [9.17, 15) is 14.7 Å². The summed E-state index contributed by atoms with van der Waals surface area (Å²) in [4.78, 5) is 26.1. The number of carbonyl (C=O) groups excluding carboxylic acids is 1. The summed E-state index contributed by atoms with van der Waals surface area (Å²) in [7, 11) is 1.76. The van der Waals surface area contributed by atoms with Crippen LogP contribution in [-0.4, -0.2) is 41.3 Å². The van der Waals surface area contributed by atoms with E-state index in [0.29, 0.717) is 44.5 Å². The van der Waals surface area contributed by atoms with Crippen LogP contribution >= 0.6 is 22.9 Å². The van der Waals surface area contributed by atoms with Crippen LogP contribution in [0.1, 0.15) is 62.5 Å². The minimum atomic E-state index is -0.811. The number of rotatable bonds is 7. The van der Waals surface area contributed by atoms with Gasteiger partial charge in [-0.1, -0.05) is 24.4 Å². The molecule has 1 heterocycles. The van der Waals surface area contributed by atoms with Crippen LogP contribution in [0.25, 0.3) is 10.4 Å². The maximum atomic E-state index is 15.5. The highest BCUT2D eigenvalue weighted by molar-refractivity contribution is 7.19. The van der Waals surface area contributed by atoms with Gasteiger partial charge in [-0.15, -0.1) is 11.3 Å². The molecule has 0 bridgehead atoms. The summed E-state index contributed by atoms with van der Waals surface area (Å²) in [5.41, 5.74) is 1.37. The highest BCUT2D eigenvalue weighted by Crippen LogP contribution is 2.40. The normalized spacial score (nSPS) is 20.6. The van der Waals surface area contributed by atoms with Crippen LogP contribution in [0, 0.1) is 18.7 Å². The predicted octanol–water partition coefficient (Wildman–Crippen LogP) is 7.05. The van der Waals surface area contributed by atoms with Gasteiger partial charge in [0.25, 0.3) is 0 Å². The number of hydrogen-bond donors (Lipinski definition) is 1. The topological polar surface area (TPSA) is 76.1 Å². The number of amides is 1. The fraction of sp³-hybridized carbons (Fsp3) is 0.538. The second-order valence-corrected chi connectivity index (χ2v) is 11.2. The van der Waals surface area contributed by atoms with Crippen LogP contribution in [-0.2, 0) is 16.1 Å². The van der Waals surface area contributed by atoms with Crippen LogP contribution < -0.4 is 4.74 Å². The standard InChI is InChI=1S/C26H31ClFNO5S/c1-15-21(34-19-9-5-6-16(12-19)25(30)31)11-10-20(23(15)28)24-17(13-22(27)35-24)14-33-26(32)29(2)18-7-3-4-8-18/h10-11,13,16,18-19H,3-9,12,14H2,1-2H3,(H,30,31)/t16-,19-/m0/s1. The summed E-state index contributed by atoms with van der Waals surface area (Å²) in [6.45, 7) is 1.65. The number of aliphatic carboxylic acids is 1. The van der Waals surface area contributed by atoms with Gasteiger partial charge in [0.15, 0.2) is 0 Å². The molecule has 35 heavy (non-hydrogen) atoms. The summed E-state index contributed by atoms with van der Waals surface area (Å²) in [5, 5.41) is 9.32. The fourth-order valence-electron chi connectivity index (χ4n) is 5.04. The molecule has 0 saturated heterocycles. The second kappa shape index (κ2) is 11.2. The van der Waals surface area contributed by atoms with E-state index >= 15 is 4.39 Å². The first kappa shape index (κ1) is 25.8. The van der Waals surface area contributed by atoms with Gasteiger partial charge < -0.3 is 19.5 Å². The summed E-state index contributed by atoms with van der Waals surface area (Å²) >= 11 is 7.50. The average molecular weight is 524 g/mol. The van der Waals surface area contributed by atoms with Gasteiger partial charge in [0.05, 0.1) is 16.4 Å². The molecule has 6 nitrogen and oxygen atoms in total. The quantitative estimate of drug-likeness (QED) is 0.421. The van der Waals surface area contributed by atoms with E-state index in [4.69, 9.17) is 21.1 Å². The number of thiophene rings is 1. The molecular formula is C26H31ClFNO5S. The molecule has 2 fully saturated rings. The van der Waals surface area contributed by atoms with Crippen molar-refractivity contribution < 1.29 is 28.6 Å². The number of carboxylic acid groups (broad SMARTS) is 1. The largest absolute Gasteiger partial charge is 0.490 e. The lowest BCUT2D eigenvalue weighted by molar-refractivity contribution is -0.143. The Morgan fingerprint density at radius 1 is 1.20 bits per heavy atom. The predicted molar refractivity (Wildman–Crippen MR) is 134 cm³/mol. The fourth-order valence-corrected chi connectivity index (χ4v) is 6.31. The van der Waals surface area contributed by atoms with Crippen molar-refractivity contribution in [1.82, 2.24) is 4.90 Å². The van der Waals surface area contributed by atoms with Gasteiger partial charge in [-0.05, 0) is 63.6 Å². The molecule has 0 aliphatic heterocycles. The van der Waals surface area contributed by atoms with Crippen LogP contribution in [0.5, 0.6) is 5.75 Å². The van der Waals surface area contributed by atoms with E-state index < -0.39 is 23.8 Å². The number of nitrogens with zero attached hydrogens (tertiary/aromatic N) is 1. The van der Waals surface area contributed by atoms with E-state index in [1.807, 2.05) is 0 Å². The zero-order valence-corrected chi connectivity index (χ0v) is 21.6. The Balaban J connectivity index is 1.48. The molecule has 1 amide bonds. The van der Waals surface area contributed by atoms with Crippen molar-refractivity contribution in [3.8, 4) is 16.2 Å². The maximum absolute atomic E-state index is 15.5. The molecule has 0 radical (unpaired) electrons. The van der Waals surface area contributed by atoms with Crippen molar-refractivity contribution >= 4 is 35.0 Å². The second-order valence-electron chi connectivity index (χ2n) is 9.50. The molecule has 0 unspecified atom stereocenters. The molecule has 4 rings (SSSR count). The van der Waals surface area contributed by atoms with Crippen molar-refractivity contribution in [2.45, 2.75) is 77.0 Å². The molecule has 1 aromatic heterocycles. The maximum Gasteiger partial charge on any atom is 0.410 e. The molecule has 190 valence electrons. The van der Waals surface area contributed by atoms with Crippen molar-refractivity contribution in [3.63, 3.8) is 0 Å². The van der Waals surface area contributed by atoms with Crippen molar-refractivity contribution in [2.24, 2.45) is 5.92 Å². The van der Waals surface area contributed by atoms with Gasteiger partial charge in [0, 0.05) is 34.7 Å². The third-order valence-electron chi connectivity index (χ3n) is 7.14. The van der Waals surface area contributed by atoms with E-state index in [1.54, 1.807) is 37.1 Å². The molecule has 1 N–H and O–H groups in total.